The summed E-state index contributed by atoms with van der Waals surface area (Å²) in [6, 6.07) is 0. The van der Waals surface area contributed by atoms with Crippen LogP contribution in [0, 0.1) is 0 Å². The Hall–Kier alpha value is -0.900. The number of rotatable bonds is 3. The van der Waals surface area contributed by atoms with E-state index in [4.69, 9.17) is 0 Å². The molecule has 0 atom stereocenters. The molecule has 1 aromatic heterocycles. The molecule has 0 unspecified atom stereocenters. The molecule has 0 bridgehead atoms. The van der Waals surface area contributed by atoms with E-state index in [1.165, 1.54) is 0 Å². The molecule has 49 valence electrons. The summed E-state index contributed by atoms with van der Waals surface area (Å²) in [5.41, 5.74) is 0. The summed E-state index contributed by atoms with van der Waals surface area (Å²) >= 11 is 0. The highest BCUT2D eigenvalue weighted by atomic mass is 16.3. The minimum Gasteiger partial charge on any atom is -0.252 e. The van der Waals surface area contributed by atoms with Crippen molar-refractivity contribution in [3.05, 3.63) is 12.4 Å². The summed E-state index contributed by atoms with van der Waals surface area (Å²) in [5, 5.41) is 17.2. The van der Waals surface area contributed by atoms with Gasteiger partial charge < -0.3 is 0 Å². The molecule has 4 nitrogen and oxygen atoms in total. The molecule has 0 aliphatic rings. The van der Waals surface area contributed by atoms with Crippen molar-refractivity contribution in [3.8, 4) is 0 Å². The molecule has 1 aromatic rings. The average molecular weight is 126 g/mol. The normalized spacial score (nSPS) is 9.89. The molecule has 0 fully saturated rings. The Labute approximate surface area is 53.1 Å². The molecule has 0 aromatic carbocycles. The molecular weight excluding hydrogens is 118 g/mol. The molecule has 0 aliphatic carbocycles. The van der Waals surface area contributed by atoms with Crippen molar-refractivity contribution < 1.29 is 5.11 Å². The number of hydrogen-bond donors (Lipinski definition) is 0. The first-order valence-corrected chi connectivity index (χ1v) is 2.85. The predicted octanol–water partition coefficient (Wildman–Crippen LogP) is 0.0987. The second-order valence-corrected chi connectivity index (χ2v) is 1.72. The van der Waals surface area contributed by atoms with Crippen molar-refractivity contribution in [1.82, 2.24) is 15.0 Å². The van der Waals surface area contributed by atoms with Crippen LogP contribution in [0.25, 0.3) is 0 Å². The van der Waals surface area contributed by atoms with E-state index in [-0.39, 0.29) is 6.61 Å². The van der Waals surface area contributed by atoms with E-state index in [1.54, 1.807) is 17.1 Å². The first-order valence-electron chi connectivity index (χ1n) is 2.85. The Balaban J connectivity index is 2.30. The fourth-order valence-corrected chi connectivity index (χ4v) is 0.579. The van der Waals surface area contributed by atoms with Gasteiger partial charge in [-0.05, 0) is 6.42 Å². The van der Waals surface area contributed by atoms with Crippen LogP contribution in [0.15, 0.2) is 12.4 Å². The maximum atomic E-state index is 9.96. The average Bonchev–Trinajstić information content (AvgIpc) is 2.34. The van der Waals surface area contributed by atoms with Crippen LogP contribution in [0.5, 0.6) is 0 Å². The zero-order chi connectivity index (χ0) is 6.53. The van der Waals surface area contributed by atoms with Crippen LogP contribution < -0.4 is 0 Å². The van der Waals surface area contributed by atoms with Gasteiger partial charge in [-0.25, -0.2) is 5.11 Å². The second-order valence-electron chi connectivity index (χ2n) is 1.72. The third-order valence-corrected chi connectivity index (χ3v) is 1.00. The molecule has 0 saturated heterocycles. The zero-order valence-electron chi connectivity index (χ0n) is 5.03. The lowest BCUT2D eigenvalue weighted by molar-refractivity contribution is 0.182. The smallest absolute Gasteiger partial charge is 0.0840 e. The Morgan fingerprint density at radius 3 is 3.00 bits per heavy atom. The van der Waals surface area contributed by atoms with Crippen molar-refractivity contribution in [2.24, 2.45) is 0 Å². The fourth-order valence-electron chi connectivity index (χ4n) is 0.579. The summed E-state index contributed by atoms with van der Waals surface area (Å²) in [6.45, 7) is 0.642. The van der Waals surface area contributed by atoms with Crippen molar-refractivity contribution in [3.63, 3.8) is 0 Å². The molecule has 0 spiro atoms. The lowest BCUT2D eigenvalue weighted by Crippen LogP contribution is -1.99. The van der Waals surface area contributed by atoms with E-state index in [0.29, 0.717) is 13.0 Å². The molecular formula is C5H8N3O. The van der Waals surface area contributed by atoms with Gasteiger partial charge in [-0.1, -0.05) is 5.21 Å². The van der Waals surface area contributed by atoms with E-state index in [0.717, 1.165) is 0 Å². The number of hydrogen-bond acceptors (Lipinski definition) is 2. The standard InChI is InChI=1S/C5H8N3O/c9-5-1-3-8-4-2-6-7-8/h2,4H,1,3,5H2. The van der Waals surface area contributed by atoms with Gasteiger partial charge in [0.1, 0.15) is 0 Å². The van der Waals surface area contributed by atoms with Crippen LogP contribution in [-0.4, -0.2) is 21.6 Å². The summed E-state index contributed by atoms with van der Waals surface area (Å²) in [5.74, 6) is 0. The van der Waals surface area contributed by atoms with Crippen molar-refractivity contribution in [1.29, 1.82) is 0 Å². The molecule has 1 heterocycles. The van der Waals surface area contributed by atoms with Crippen molar-refractivity contribution in [2.75, 3.05) is 6.61 Å². The van der Waals surface area contributed by atoms with Gasteiger partial charge in [0, 0.05) is 12.7 Å². The Morgan fingerprint density at radius 2 is 2.44 bits per heavy atom. The predicted molar refractivity (Wildman–Crippen MR) is 30.2 cm³/mol. The van der Waals surface area contributed by atoms with Gasteiger partial charge in [0.15, 0.2) is 0 Å². The minimum absolute atomic E-state index is 0.0418. The highest BCUT2D eigenvalue weighted by Gasteiger charge is 1.88. The number of aromatic nitrogens is 3. The number of nitrogens with zero attached hydrogens (tertiary/aromatic N) is 3. The molecule has 9 heavy (non-hydrogen) atoms. The highest BCUT2D eigenvalue weighted by Crippen LogP contribution is 1.84. The first-order chi connectivity index (χ1) is 4.43. The lowest BCUT2D eigenvalue weighted by atomic mass is 10.5. The van der Waals surface area contributed by atoms with Gasteiger partial charge in [-0.3, -0.25) is 4.68 Å². The van der Waals surface area contributed by atoms with E-state index in [1.807, 2.05) is 0 Å². The zero-order valence-corrected chi connectivity index (χ0v) is 5.03. The maximum Gasteiger partial charge on any atom is 0.0840 e. The molecule has 0 aliphatic heterocycles. The third kappa shape index (κ3) is 1.81. The van der Waals surface area contributed by atoms with Crippen LogP contribution in [0.3, 0.4) is 0 Å². The topological polar surface area (TPSA) is 50.6 Å². The molecule has 0 saturated carbocycles. The third-order valence-electron chi connectivity index (χ3n) is 1.00. The Morgan fingerprint density at radius 1 is 1.56 bits per heavy atom. The summed E-state index contributed by atoms with van der Waals surface area (Å²) in [7, 11) is 0. The summed E-state index contributed by atoms with van der Waals surface area (Å²) in [6.07, 6.45) is 3.98. The fraction of sp³-hybridized carbons (Fsp3) is 0.600. The van der Waals surface area contributed by atoms with Crippen LogP contribution in [0.1, 0.15) is 6.42 Å². The molecule has 1 radical (unpaired) electrons. The summed E-state index contributed by atoms with van der Waals surface area (Å²) in [4.78, 5) is 0. The quantitative estimate of drug-likeness (QED) is 0.576. The van der Waals surface area contributed by atoms with Crippen molar-refractivity contribution >= 4 is 0 Å². The van der Waals surface area contributed by atoms with E-state index >= 15 is 0 Å². The van der Waals surface area contributed by atoms with Crippen LogP contribution in [0.2, 0.25) is 0 Å². The van der Waals surface area contributed by atoms with Gasteiger partial charge in [0.2, 0.25) is 0 Å². The van der Waals surface area contributed by atoms with E-state index < -0.39 is 0 Å². The Kier molecular flexibility index (Phi) is 2.21. The first kappa shape index (κ1) is 6.22. The monoisotopic (exact) mass is 126 g/mol. The lowest BCUT2D eigenvalue weighted by Gasteiger charge is -1.93. The minimum atomic E-state index is -0.0418. The van der Waals surface area contributed by atoms with E-state index in [9.17, 15) is 5.11 Å². The largest absolute Gasteiger partial charge is 0.252 e. The maximum absolute atomic E-state index is 9.96. The molecule has 0 N–H and O–H groups in total. The van der Waals surface area contributed by atoms with Gasteiger partial charge in [0.25, 0.3) is 0 Å². The van der Waals surface area contributed by atoms with Crippen molar-refractivity contribution in [2.45, 2.75) is 13.0 Å². The van der Waals surface area contributed by atoms with Crippen LogP contribution >= 0.6 is 0 Å². The van der Waals surface area contributed by atoms with Crippen LogP contribution in [0.4, 0.5) is 0 Å². The highest BCUT2D eigenvalue weighted by molar-refractivity contribution is 4.63. The van der Waals surface area contributed by atoms with Gasteiger partial charge in [0.05, 0.1) is 12.8 Å². The Bertz CT molecular complexity index is 149. The van der Waals surface area contributed by atoms with Gasteiger partial charge >= 0.3 is 0 Å². The van der Waals surface area contributed by atoms with Crippen LogP contribution in [-0.2, 0) is 11.7 Å². The number of aryl methyl sites for hydroxylation is 1. The van der Waals surface area contributed by atoms with Gasteiger partial charge in [-0.15, -0.1) is 5.10 Å². The molecule has 4 heteroatoms. The van der Waals surface area contributed by atoms with E-state index in [2.05, 4.69) is 10.3 Å². The van der Waals surface area contributed by atoms with Gasteiger partial charge in [-0.2, -0.15) is 0 Å². The summed E-state index contributed by atoms with van der Waals surface area (Å²) < 4.78 is 1.65. The molecule has 1 rings (SSSR count). The molecule has 0 amide bonds. The SMILES string of the molecule is [O]CCCn1ccnn1. The second kappa shape index (κ2) is 3.19.